The molecule has 0 unspecified atom stereocenters. The molecule has 1 atom stereocenters. The van der Waals surface area contributed by atoms with Crippen LogP contribution in [-0.2, 0) is 4.74 Å². The molecule has 1 aromatic carbocycles. The zero-order valence-electron chi connectivity index (χ0n) is 10.1. The zero-order chi connectivity index (χ0) is 12.3. The van der Waals surface area contributed by atoms with Crippen LogP contribution >= 0.6 is 0 Å². The molecule has 0 saturated carbocycles. The largest absolute Gasteiger partial charge is 0.504 e. The number of ether oxygens (including phenoxy) is 2. The highest BCUT2D eigenvalue weighted by Crippen LogP contribution is 2.33. The van der Waals surface area contributed by atoms with Crippen molar-refractivity contribution in [3.63, 3.8) is 0 Å². The van der Waals surface area contributed by atoms with E-state index in [1.807, 2.05) is 6.07 Å². The van der Waals surface area contributed by atoms with Crippen LogP contribution in [0.3, 0.4) is 0 Å². The number of hydrogen-bond donors (Lipinski definition) is 2. The van der Waals surface area contributed by atoms with E-state index in [0.29, 0.717) is 11.7 Å². The lowest BCUT2D eigenvalue weighted by molar-refractivity contribution is 0.0583. The molecule has 2 rings (SSSR count). The van der Waals surface area contributed by atoms with Crippen molar-refractivity contribution < 1.29 is 14.6 Å². The molecule has 0 aliphatic carbocycles. The van der Waals surface area contributed by atoms with E-state index in [0.717, 1.165) is 31.6 Å². The van der Waals surface area contributed by atoms with Gasteiger partial charge in [0.15, 0.2) is 11.5 Å². The van der Waals surface area contributed by atoms with Crippen molar-refractivity contribution in [1.82, 2.24) is 0 Å². The van der Waals surface area contributed by atoms with Crippen molar-refractivity contribution in [3.8, 4) is 11.5 Å². The minimum Gasteiger partial charge on any atom is -0.504 e. The third kappa shape index (κ3) is 2.70. The smallest absolute Gasteiger partial charge is 0.160 e. The molecule has 4 nitrogen and oxygen atoms in total. The monoisotopic (exact) mass is 237 g/mol. The van der Waals surface area contributed by atoms with E-state index in [4.69, 9.17) is 15.2 Å². The summed E-state index contributed by atoms with van der Waals surface area (Å²) in [5, 5.41) is 9.73. The van der Waals surface area contributed by atoms with E-state index < -0.39 is 0 Å². The van der Waals surface area contributed by atoms with Crippen LogP contribution in [0.1, 0.15) is 24.4 Å². The maximum absolute atomic E-state index is 9.73. The topological polar surface area (TPSA) is 64.7 Å². The molecular formula is C13H19NO3. The van der Waals surface area contributed by atoms with Gasteiger partial charge in [-0.2, -0.15) is 0 Å². The predicted octanol–water partition coefficient (Wildman–Crippen LogP) is 1.83. The highest BCUT2D eigenvalue weighted by molar-refractivity contribution is 5.42. The highest BCUT2D eigenvalue weighted by Gasteiger charge is 2.22. The van der Waals surface area contributed by atoms with Crippen molar-refractivity contribution in [3.05, 3.63) is 23.8 Å². The number of rotatable bonds is 3. The Hall–Kier alpha value is -1.26. The average molecular weight is 237 g/mol. The van der Waals surface area contributed by atoms with Crippen LogP contribution in [0.2, 0.25) is 0 Å². The number of nitrogens with two attached hydrogens (primary N) is 1. The number of aromatic hydroxyl groups is 1. The molecule has 1 heterocycles. The van der Waals surface area contributed by atoms with E-state index in [2.05, 4.69) is 0 Å². The first-order chi connectivity index (χ1) is 8.22. The molecule has 1 aliphatic heterocycles. The van der Waals surface area contributed by atoms with Gasteiger partial charge in [-0.25, -0.2) is 0 Å². The number of phenolic OH excluding ortho intramolecular Hbond substituents is 1. The van der Waals surface area contributed by atoms with Gasteiger partial charge < -0.3 is 20.3 Å². The molecule has 1 fully saturated rings. The van der Waals surface area contributed by atoms with Crippen molar-refractivity contribution in [2.45, 2.75) is 18.9 Å². The summed E-state index contributed by atoms with van der Waals surface area (Å²) in [5.74, 6) is 1.05. The quantitative estimate of drug-likeness (QED) is 0.841. The Morgan fingerprint density at radius 3 is 2.71 bits per heavy atom. The summed E-state index contributed by atoms with van der Waals surface area (Å²) in [6.07, 6.45) is 1.96. The lowest BCUT2D eigenvalue weighted by atomic mass is 9.88. The molecule has 0 bridgehead atoms. The van der Waals surface area contributed by atoms with Crippen molar-refractivity contribution in [2.75, 3.05) is 20.3 Å². The molecule has 3 N–H and O–H groups in total. The molecule has 1 aliphatic rings. The molecule has 4 heteroatoms. The molecule has 0 radical (unpaired) electrons. The summed E-state index contributed by atoms with van der Waals surface area (Å²) in [5.41, 5.74) is 7.18. The van der Waals surface area contributed by atoms with Gasteiger partial charge in [0, 0.05) is 19.3 Å². The van der Waals surface area contributed by atoms with Gasteiger partial charge in [0.05, 0.1) is 7.11 Å². The molecule has 0 aromatic heterocycles. The van der Waals surface area contributed by atoms with Crippen LogP contribution < -0.4 is 10.5 Å². The van der Waals surface area contributed by atoms with E-state index in [1.165, 1.54) is 7.11 Å². The summed E-state index contributed by atoms with van der Waals surface area (Å²) < 4.78 is 10.3. The third-order valence-corrected chi connectivity index (χ3v) is 3.36. The lowest BCUT2D eigenvalue weighted by Gasteiger charge is -2.28. The number of phenols is 1. The Bertz CT molecular complexity index is 375. The maximum atomic E-state index is 9.73. The maximum Gasteiger partial charge on any atom is 0.160 e. The Morgan fingerprint density at radius 1 is 1.41 bits per heavy atom. The second-order valence-electron chi connectivity index (χ2n) is 4.41. The summed E-state index contributed by atoms with van der Waals surface area (Å²) in [6, 6.07) is 5.32. The van der Waals surface area contributed by atoms with Crippen molar-refractivity contribution in [2.24, 2.45) is 11.7 Å². The van der Waals surface area contributed by atoms with E-state index >= 15 is 0 Å². The van der Waals surface area contributed by atoms with Crippen LogP contribution in [-0.4, -0.2) is 25.4 Å². The van der Waals surface area contributed by atoms with Crippen LogP contribution in [0.25, 0.3) is 0 Å². The van der Waals surface area contributed by atoms with Crippen molar-refractivity contribution in [1.29, 1.82) is 0 Å². The Balaban J connectivity index is 2.12. The fraction of sp³-hybridized carbons (Fsp3) is 0.538. The molecule has 1 saturated heterocycles. The molecule has 94 valence electrons. The average Bonchev–Trinajstić information content (AvgIpc) is 2.39. The molecular weight excluding hydrogens is 218 g/mol. The minimum absolute atomic E-state index is 0.0456. The van der Waals surface area contributed by atoms with Gasteiger partial charge in [-0.05, 0) is 36.5 Å². The van der Waals surface area contributed by atoms with Gasteiger partial charge in [-0.15, -0.1) is 0 Å². The first kappa shape index (κ1) is 12.2. The van der Waals surface area contributed by atoms with Gasteiger partial charge in [0.2, 0.25) is 0 Å². The molecule has 0 spiro atoms. The van der Waals surface area contributed by atoms with Gasteiger partial charge in [-0.3, -0.25) is 0 Å². The SMILES string of the molecule is COc1ccc([C@H](N)C2CCOCC2)cc1O. The predicted molar refractivity (Wildman–Crippen MR) is 65.1 cm³/mol. The van der Waals surface area contributed by atoms with E-state index in [-0.39, 0.29) is 11.8 Å². The number of hydrogen-bond acceptors (Lipinski definition) is 4. The molecule has 1 aromatic rings. The highest BCUT2D eigenvalue weighted by atomic mass is 16.5. The lowest BCUT2D eigenvalue weighted by Crippen LogP contribution is -2.27. The van der Waals surface area contributed by atoms with Crippen LogP contribution in [0, 0.1) is 5.92 Å². The number of methoxy groups -OCH3 is 1. The summed E-state index contributed by atoms with van der Waals surface area (Å²) in [7, 11) is 1.53. The molecule has 17 heavy (non-hydrogen) atoms. The fourth-order valence-corrected chi connectivity index (χ4v) is 2.26. The first-order valence-electron chi connectivity index (χ1n) is 5.92. The van der Waals surface area contributed by atoms with Crippen molar-refractivity contribution >= 4 is 0 Å². The molecule has 0 amide bonds. The Morgan fingerprint density at radius 2 is 2.12 bits per heavy atom. The second kappa shape index (κ2) is 5.38. The standard InChI is InChI=1S/C13H19NO3/c1-16-12-3-2-10(8-11(12)15)13(14)9-4-6-17-7-5-9/h2-3,8-9,13,15H,4-7,14H2,1H3/t13-/m1/s1. The summed E-state index contributed by atoms with van der Waals surface area (Å²) >= 11 is 0. The fourth-order valence-electron chi connectivity index (χ4n) is 2.26. The summed E-state index contributed by atoms with van der Waals surface area (Å²) in [6.45, 7) is 1.56. The zero-order valence-corrected chi connectivity index (χ0v) is 10.1. The first-order valence-corrected chi connectivity index (χ1v) is 5.92. The van der Waals surface area contributed by atoms with Crippen LogP contribution in [0.4, 0.5) is 0 Å². The normalized spacial score (nSPS) is 18.9. The van der Waals surface area contributed by atoms with Gasteiger partial charge in [-0.1, -0.05) is 6.07 Å². The second-order valence-corrected chi connectivity index (χ2v) is 4.41. The van der Waals surface area contributed by atoms with Gasteiger partial charge >= 0.3 is 0 Å². The van der Waals surface area contributed by atoms with Crippen LogP contribution in [0.5, 0.6) is 11.5 Å². The van der Waals surface area contributed by atoms with E-state index in [9.17, 15) is 5.11 Å². The summed E-state index contributed by atoms with van der Waals surface area (Å²) in [4.78, 5) is 0. The number of benzene rings is 1. The van der Waals surface area contributed by atoms with Crippen LogP contribution in [0.15, 0.2) is 18.2 Å². The Labute approximate surface area is 101 Å². The van der Waals surface area contributed by atoms with Gasteiger partial charge in [0.1, 0.15) is 0 Å². The third-order valence-electron chi connectivity index (χ3n) is 3.36. The van der Waals surface area contributed by atoms with Gasteiger partial charge in [0.25, 0.3) is 0 Å². The Kier molecular flexibility index (Phi) is 3.86. The minimum atomic E-state index is -0.0456. The van der Waals surface area contributed by atoms with E-state index in [1.54, 1.807) is 12.1 Å².